The van der Waals surface area contributed by atoms with Gasteiger partial charge in [0.25, 0.3) is 0 Å². The molecule has 0 bridgehead atoms. The fraction of sp³-hybridized carbons (Fsp3) is 0.652. The van der Waals surface area contributed by atoms with Crippen LogP contribution < -0.4 is 5.32 Å². The van der Waals surface area contributed by atoms with E-state index in [0.717, 1.165) is 38.6 Å². The van der Waals surface area contributed by atoms with Crippen LogP contribution in [0.3, 0.4) is 0 Å². The quantitative estimate of drug-likeness (QED) is 0.266. The van der Waals surface area contributed by atoms with Gasteiger partial charge in [0.2, 0.25) is 0 Å². The molecule has 1 aromatic rings. The molecule has 0 saturated carbocycles. The molecule has 1 N–H and O–H groups in total. The van der Waals surface area contributed by atoms with Crippen LogP contribution in [-0.2, 0) is 16.1 Å². The maximum atomic E-state index is 11.7. The van der Waals surface area contributed by atoms with Crippen molar-refractivity contribution < 1.29 is 9.53 Å². The zero-order valence-electron chi connectivity index (χ0n) is 18.5. The highest BCUT2D eigenvalue weighted by molar-refractivity contribution is 14.0. The standard InChI is InChI=1S/C23H36N4O2.HI/c1-4-24-23(25-15-18(2)22(28)29-3)27-14-12-21-20(17-27)11-8-13-26(21)16-19-9-6-5-7-10-19;/h5-7,9-10,18,20-21H,4,8,11-17H2,1-3H3,(H,24,25);1H. The molecule has 1 aromatic carbocycles. The largest absolute Gasteiger partial charge is 0.469 e. The number of halogens is 1. The second-order valence-corrected chi connectivity index (χ2v) is 8.28. The summed E-state index contributed by atoms with van der Waals surface area (Å²) in [6, 6.07) is 11.5. The third-order valence-electron chi connectivity index (χ3n) is 6.16. The zero-order valence-corrected chi connectivity index (χ0v) is 20.9. The van der Waals surface area contributed by atoms with Crippen molar-refractivity contribution in [2.75, 3.05) is 39.8 Å². The lowest BCUT2D eigenvalue weighted by molar-refractivity contribution is -0.144. The van der Waals surface area contributed by atoms with Crippen molar-refractivity contribution in [3.8, 4) is 0 Å². The average Bonchev–Trinajstić information content (AvgIpc) is 2.76. The molecule has 0 spiro atoms. The minimum Gasteiger partial charge on any atom is -0.469 e. The number of esters is 1. The van der Waals surface area contributed by atoms with E-state index in [1.807, 2.05) is 6.92 Å². The van der Waals surface area contributed by atoms with Gasteiger partial charge in [-0.1, -0.05) is 37.3 Å². The lowest BCUT2D eigenvalue weighted by Gasteiger charge is -2.48. The van der Waals surface area contributed by atoms with Gasteiger partial charge in [-0.05, 0) is 44.2 Å². The van der Waals surface area contributed by atoms with Crippen LogP contribution in [0.25, 0.3) is 0 Å². The first-order valence-corrected chi connectivity index (χ1v) is 11.0. The number of hydrogen-bond acceptors (Lipinski definition) is 4. The Kier molecular flexibility index (Phi) is 10.4. The summed E-state index contributed by atoms with van der Waals surface area (Å²) in [4.78, 5) is 21.5. The summed E-state index contributed by atoms with van der Waals surface area (Å²) in [6.45, 7) is 9.53. The number of piperidine rings is 2. The van der Waals surface area contributed by atoms with Gasteiger partial charge in [0.05, 0.1) is 19.6 Å². The summed E-state index contributed by atoms with van der Waals surface area (Å²) in [7, 11) is 1.43. The average molecular weight is 528 g/mol. The van der Waals surface area contributed by atoms with Crippen LogP contribution in [-0.4, -0.2) is 67.6 Å². The molecular weight excluding hydrogens is 491 g/mol. The molecule has 7 heteroatoms. The molecule has 3 rings (SSSR count). The maximum Gasteiger partial charge on any atom is 0.310 e. The molecule has 30 heavy (non-hydrogen) atoms. The predicted octanol–water partition coefficient (Wildman–Crippen LogP) is 3.37. The Bertz CT molecular complexity index is 685. The van der Waals surface area contributed by atoms with Crippen molar-refractivity contribution in [1.29, 1.82) is 0 Å². The Morgan fingerprint density at radius 1 is 1.27 bits per heavy atom. The van der Waals surface area contributed by atoms with Crippen molar-refractivity contribution in [3.05, 3.63) is 35.9 Å². The smallest absolute Gasteiger partial charge is 0.310 e. The number of ether oxygens (including phenoxy) is 1. The Balaban J connectivity index is 0.00000320. The Morgan fingerprint density at radius 3 is 2.73 bits per heavy atom. The number of fused-ring (bicyclic) bond motifs is 1. The summed E-state index contributed by atoms with van der Waals surface area (Å²) in [5.41, 5.74) is 1.40. The van der Waals surface area contributed by atoms with Crippen LogP contribution in [0, 0.1) is 11.8 Å². The van der Waals surface area contributed by atoms with Crippen LogP contribution in [0.2, 0.25) is 0 Å². The molecule has 2 saturated heterocycles. The minimum absolute atomic E-state index is 0. The molecule has 2 aliphatic heterocycles. The normalized spacial score (nSPS) is 23.2. The third kappa shape index (κ3) is 6.57. The van der Waals surface area contributed by atoms with E-state index in [4.69, 9.17) is 9.73 Å². The monoisotopic (exact) mass is 528 g/mol. The van der Waals surface area contributed by atoms with E-state index in [1.54, 1.807) is 0 Å². The first-order valence-electron chi connectivity index (χ1n) is 11.0. The fourth-order valence-electron chi connectivity index (χ4n) is 4.64. The molecule has 6 nitrogen and oxygen atoms in total. The first kappa shape index (κ1) is 24.9. The van der Waals surface area contributed by atoms with Crippen molar-refractivity contribution in [1.82, 2.24) is 15.1 Å². The van der Waals surface area contributed by atoms with Crippen molar-refractivity contribution >= 4 is 35.9 Å². The fourth-order valence-corrected chi connectivity index (χ4v) is 4.64. The van der Waals surface area contributed by atoms with E-state index in [1.165, 1.54) is 32.1 Å². The van der Waals surface area contributed by atoms with E-state index in [2.05, 4.69) is 52.4 Å². The van der Waals surface area contributed by atoms with Gasteiger partial charge in [0, 0.05) is 32.2 Å². The number of methoxy groups -OCH3 is 1. The summed E-state index contributed by atoms with van der Waals surface area (Å²) >= 11 is 0. The van der Waals surface area contributed by atoms with E-state index in [9.17, 15) is 4.79 Å². The molecular formula is C23H37IN4O2. The molecule has 3 unspecified atom stereocenters. The van der Waals surface area contributed by atoms with Crippen molar-refractivity contribution in [3.63, 3.8) is 0 Å². The van der Waals surface area contributed by atoms with Gasteiger partial charge in [0.15, 0.2) is 5.96 Å². The molecule has 0 aliphatic carbocycles. The van der Waals surface area contributed by atoms with E-state index in [-0.39, 0.29) is 35.9 Å². The Morgan fingerprint density at radius 2 is 2.03 bits per heavy atom. The molecule has 3 atom stereocenters. The molecule has 168 valence electrons. The highest BCUT2D eigenvalue weighted by Gasteiger charge is 2.36. The van der Waals surface area contributed by atoms with Crippen LogP contribution in [0.4, 0.5) is 0 Å². The number of hydrogen-bond donors (Lipinski definition) is 1. The van der Waals surface area contributed by atoms with Gasteiger partial charge in [0.1, 0.15) is 0 Å². The van der Waals surface area contributed by atoms with Crippen LogP contribution >= 0.6 is 24.0 Å². The van der Waals surface area contributed by atoms with Gasteiger partial charge >= 0.3 is 5.97 Å². The number of benzene rings is 1. The van der Waals surface area contributed by atoms with E-state index < -0.39 is 0 Å². The number of nitrogens with one attached hydrogen (secondary N) is 1. The lowest BCUT2D eigenvalue weighted by atomic mass is 9.83. The number of carbonyl (C=O) groups is 1. The summed E-state index contributed by atoms with van der Waals surface area (Å²) in [6.07, 6.45) is 3.70. The van der Waals surface area contributed by atoms with Crippen molar-refractivity contribution in [2.24, 2.45) is 16.8 Å². The first-order chi connectivity index (χ1) is 14.1. The van der Waals surface area contributed by atoms with Crippen LogP contribution in [0.1, 0.15) is 38.7 Å². The SMILES string of the molecule is CCNC(=NCC(C)C(=O)OC)N1CCC2C(CCCN2Cc2ccccc2)C1.I. The zero-order chi connectivity index (χ0) is 20.6. The van der Waals surface area contributed by atoms with E-state index >= 15 is 0 Å². The minimum atomic E-state index is -0.220. The molecule has 2 heterocycles. The van der Waals surface area contributed by atoms with Gasteiger partial charge in [-0.2, -0.15) is 0 Å². The summed E-state index contributed by atoms with van der Waals surface area (Å²) < 4.78 is 4.83. The second kappa shape index (κ2) is 12.5. The molecule has 0 amide bonds. The van der Waals surface area contributed by atoms with Gasteiger partial charge < -0.3 is 15.0 Å². The molecule has 0 aromatic heterocycles. The second-order valence-electron chi connectivity index (χ2n) is 8.28. The third-order valence-corrected chi connectivity index (χ3v) is 6.16. The molecule has 2 aliphatic rings. The predicted molar refractivity (Wildman–Crippen MR) is 132 cm³/mol. The molecule has 2 fully saturated rings. The molecule has 0 radical (unpaired) electrons. The highest BCUT2D eigenvalue weighted by Crippen LogP contribution is 2.31. The lowest BCUT2D eigenvalue weighted by Crippen LogP contribution is -2.56. The number of carbonyl (C=O) groups excluding carboxylic acids is 1. The van der Waals surface area contributed by atoms with E-state index in [0.29, 0.717) is 18.5 Å². The number of rotatable bonds is 6. The number of guanidine groups is 1. The highest BCUT2D eigenvalue weighted by atomic mass is 127. The number of likely N-dealkylation sites (tertiary alicyclic amines) is 2. The summed E-state index contributed by atoms with van der Waals surface area (Å²) in [5.74, 6) is 1.18. The maximum absolute atomic E-state index is 11.7. The van der Waals surface area contributed by atoms with Crippen LogP contribution in [0.5, 0.6) is 0 Å². The summed E-state index contributed by atoms with van der Waals surface area (Å²) in [5, 5.41) is 3.42. The van der Waals surface area contributed by atoms with Crippen molar-refractivity contribution in [2.45, 2.75) is 45.7 Å². The van der Waals surface area contributed by atoms with Gasteiger partial charge in [-0.3, -0.25) is 14.7 Å². The van der Waals surface area contributed by atoms with Gasteiger partial charge in [-0.15, -0.1) is 24.0 Å². The Labute approximate surface area is 198 Å². The number of aliphatic imine (C=N–C) groups is 1. The van der Waals surface area contributed by atoms with Gasteiger partial charge in [-0.25, -0.2) is 0 Å². The topological polar surface area (TPSA) is 57.2 Å². The Hall–Kier alpha value is -1.35. The number of nitrogens with zero attached hydrogens (tertiary/aromatic N) is 3. The van der Waals surface area contributed by atoms with Crippen LogP contribution in [0.15, 0.2) is 35.3 Å².